The Hall–Kier alpha value is -4.12. The van der Waals surface area contributed by atoms with Gasteiger partial charge < -0.3 is 29.1 Å². The van der Waals surface area contributed by atoms with Gasteiger partial charge in [-0.3, -0.25) is 15.0 Å². The number of ether oxygens (including phenoxy) is 4. The molecule has 4 aromatic rings. The predicted octanol–water partition coefficient (Wildman–Crippen LogP) is 2.64. The summed E-state index contributed by atoms with van der Waals surface area (Å²) in [6.45, 7) is 2.93. The van der Waals surface area contributed by atoms with Crippen LogP contribution in [0.2, 0.25) is 0 Å². The molecule has 1 saturated heterocycles. The van der Waals surface area contributed by atoms with Crippen LogP contribution in [0.5, 0.6) is 17.2 Å². The van der Waals surface area contributed by atoms with Gasteiger partial charge in [-0.15, -0.1) is 10.2 Å². The summed E-state index contributed by atoms with van der Waals surface area (Å²) >= 11 is 2.78. The minimum absolute atomic E-state index is 0.0689. The van der Waals surface area contributed by atoms with Crippen molar-refractivity contribution in [3.05, 3.63) is 52.7 Å². The minimum Gasteiger partial charge on any atom is -0.496 e. The third-order valence-corrected chi connectivity index (χ3v) is 8.07. The Morgan fingerprint density at radius 1 is 1.23 bits per heavy atom. The number of carbonyl (C=O) groups excluding carboxylic acids is 1. The molecular formula is C27H31N7O7S2. The molecule has 0 unspecified atom stereocenters. The maximum atomic E-state index is 13.4. The van der Waals surface area contributed by atoms with E-state index in [2.05, 4.69) is 25.5 Å². The number of nitrogens with zero attached hydrogens (tertiary/aromatic N) is 5. The Balaban J connectivity index is 1.43. The lowest BCUT2D eigenvalue weighted by atomic mass is 10.0. The van der Waals surface area contributed by atoms with Crippen LogP contribution in [0.3, 0.4) is 0 Å². The first-order valence-electron chi connectivity index (χ1n) is 13.2. The van der Waals surface area contributed by atoms with Crippen LogP contribution >= 0.6 is 23.1 Å². The van der Waals surface area contributed by atoms with E-state index < -0.39 is 11.5 Å². The number of benzene rings is 1. The van der Waals surface area contributed by atoms with Crippen LogP contribution in [-0.2, 0) is 4.74 Å². The van der Waals surface area contributed by atoms with E-state index >= 15 is 0 Å². The number of anilines is 2. The number of amides is 1. The number of hydrogen-bond donors (Lipinski definition) is 2. The molecule has 1 aliphatic heterocycles. The van der Waals surface area contributed by atoms with E-state index in [1.165, 1.54) is 31.2 Å². The number of hydrogen-bond acceptors (Lipinski definition) is 14. The third-order valence-electron chi connectivity index (χ3n) is 6.55. The van der Waals surface area contributed by atoms with E-state index in [1.807, 2.05) is 6.26 Å². The summed E-state index contributed by atoms with van der Waals surface area (Å²) in [5, 5.41) is 15.2. The lowest BCUT2D eigenvalue weighted by molar-refractivity contribution is -0.0190. The van der Waals surface area contributed by atoms with Crippen LogP contribution in [0.1, 0.15) is 10.6 Å². The lowest BCUT2D eigenvalue weighted by Gasteiger charge is -2.32. The molecule has 0 saturated carbocycles. The van der Waals surface area contributed by atoms with Crippen molar-refractivity contribution in [3.63, 3.8) is 0 Å². The summed E-state index contributed by atoms with van der Waals surface area (Å²) in [6, 6.07) is 8.22. The molecule has 3 N–H and O–H groups in total. The summed E-state index contributed by atoms with van der Waals surface area (Å²) in [7, 11) is 3.00. The van der Waals surface area contributed by atoms with Gasteiger partial charge in [-0.1, -0.05) is 17.4 Å². The summed E-state index contributed by atoms with van der Waals surface area (Å²) in [6.07, 6.45) is 3.70. The van der Waals surface area contributed by atoms with Gasteiger partial charge in [0.05, 0.1) is 38.7 Å². The number of morpholine rings is 1. The first kappa shape index (κ1) is 30.3. The van der Waals surface area contributed by atoms with Gasteiger partial charge in [-0.05, 0) is 24.5 Å². The molecule has 1 fully saturated rings. The molecule has 14 nitrogen and oxygen atoms in total. The topological polar surface area (TPSA) is 169 Å². The normalized spacial score (nSPS) is 15.3. The highest BCUT2D eigenvalue weighted by molar-refractivity contribution is 7.98. The minimum atomic E-state index is -0.833. The quantitative estimate of drug-likeness (QED) is 0.235. The molecule has 4 heterocycles. The Labute approximate surface area is 255 Å². The highest BCUT2D eigenvalue weighted by atomic mass is 32.2. The number of aromatic nitrogens is 4. The van der Waals surface area contributed by atoms with Crippen LogP contribution in [0.4, 0.5) is 10.9 Å². The summed E-state index contributed by atoms with van der Waals surface area (Å²) in [5.74, 6) is 1.03. The Kier molecular flexibility index (Phi) is 9.81. The highest BCUT2D eigenvalue weighted by Crippen LogP contribution is 2.42. The van der Waals surface area contributed by atoms with Gasteiger partial charge in [0.1, 0.15) is 23.9 Å². The van der Waals surface area contributed by atoms with E-state index in [4.69, 9.17) is 29.1 Å². The SMILES string of the molecule is COc1cccc(OC)c1-c1cc(C(=O)Nc2nnc(-n3nccc3N)s2)oc(=O)c1OCCN1CCO[C@H](CSC)C1. The number of rotatable bonds is 12. The Morgan fingerprint density at radius 3 is 2.72 bits per heavy atom. The molecule has 16 heteroatoms. The largest absolute Gasteiger partial charge is 0.496 e. The average molecular weight is 630 g/mol. The molecule has 43 heavy (non-hydrogen) atoms. The highest BCUT2D eigenvalue weighted by Gasteiger charge is 2.26. The molecule has 1 amide bonds. The van der Waals surface area contributed by atoms with Gasteiger partial charge in [-0.2, -0.15) is 21.5 Å². The van der Waals surface area contributed by atoms with Gasteiger partial charge in [0, 0.05) is 37.0 Å². The zero-order chi connectivity index (χ0) is 30.3. The zero-order valence-electron chi connectivity index (χ0n) is 23.8. The number of nitrogens with two attached hydrogens (primary N) is 1. The second-order valence-corrected chi connectivity index (χ2v) is 11.2. The number of carbonyl (C=O) groups is 1. The van der Waals surface area contributed by atoms with Crippen molar-refractivity contribution in [2.45, 2.75) is 6.10 Å². The van der Waals surface area contributed by atoms with E-state index in [0.717, 1.165) is 30.2 Å². The van der Waals surface area contributed by atoms with Crippen LogP contribution in [0, 0.1) is 0 Å². The van der Waals surface area contributed by atoms with Crippen molar-refractivity contribution in [1.82, 2.24) is 24.9 Å². The molecule has 3 aromatic heterocycles. The lowest BCUT2D eigenvalue weighted by Crippen LogP contribution is -2.45. The number of nitrogens with one attached hydrogen (secondary N) is 1. The van der Waals surface area contributed by atoms with Gasteiger partial charge in [0.25, 0.3) is 5.91 Å². The zero-order valence-corrected chi connectivity index (χ0v) is 25.4. The fraction of sp³-hybridized carbons (Fsp3) is 0.370. The van der Waals surface area contributed by atoms with Gasteiger partial charge >= 0.3 is 5.63 Å². The third kappa shape index (κ3) is 6.93. The van der Waals surface area contributed by atoms with Crippen molar-refractivity contribution in [3.8, 4) is 33.5 Å². The molecule has 1 aliphatic rings. The number of thioether (sulfide) groups is 1. The first-order valence-corrected chi connectivity index (χ1v) is 15.4. The number of nitrogen functional groups attached to an aromatic ring is 1. The average Bonchev–Trinajstić information content (AvgIpc) is 3.66. The van der Waals surface area contributed by atoms with Crippen molar-refractivity contribution < 1.29 is 28.2 Å². The fourth-order valence-corrected chi connectivity index (χ4v) is 5.86. The maximum absolute atomic E-state index is 13.4. The van der Waals surface area contributed by atoms with Crippen LogP contribution in [-0.4, -0.2) is 96.0 Å². The van der Waals surface area contributed by atoms with E-state index in [0.29, 0.717) is 41.2 Å². The molecule has 228 valence electrons. The molecule has 0 spiro atoms. The predicted molar refractivity (Wildman–Crippen MR) is 163 cm³/mol. The summed E-state index contributed by atoms with van der Waals surface area (Å²) < 4.78 is 29.9. The maximum Gasteiger partial charge on any atom is 0.379 e. The molecule has 0 aliphatic carbocycles. The number of methoxy groups -OCH3 is 2. The van der Waals surface area contributed by atoms with Gasteiger partial charge in [0.15, 0.2) is 5.76 Å². The summed E-state index contributed by atoms with van der Waals surface area (Å²) in [4.78, 5) is 28.9. The second-order valence-electron chi connectivity index (χ2n) is 9.29. The van der Waals surface area contributed by atoms with Crippen molar-refractivity contribution in [2.24, 2.45) is 0 Å². The van der Waals surface area contributed by atoms with Gasteiger partial charge in [0.2, 0.25) is 16.0 Å². The van der Waals surface area contributed by atoms with Crippen LogP contribution < -0.4 is 30.9 Å². The monoisotopic (exact) mass is 629 g/mol. The van der Waals surface area contributed by atoms with Crippen molar-refractivity contribution in [2.75, 3.05) is 70.1 Å². The summed E-state index contributed by atoms with van der Waals surface area (Å²) in [5.41, 5.74) is 5.76. The Morgan fingerprint density at radius 2 is 2.02 bits per heavy atom. The first-order chi connectivity index (χ1) is 20.9. The molecule has 0 bridgehead atoms. The van der Waals surface area contributed by atoms with E-state index in [9.17, 15) is 9.59 Å². The molecule has 1 atom stereocenters. The molecule has 5 rings (SSSR count). The Bertz CT molecular complexity index is 1600. The standard InChI is InChI=1S/C27H31N7O7S2/c1-37-18-5-4-6-19(38-2)22(18)17-13-20(24(35)30-26-31-32-27(43-26)34-21(28)7-8-29-34)41-25(36)23(17)40-12-10-33-9-11-39-16(14-33)15-42-3/h4-8,13,16H,9-12,14-15,28H2,1-3H3,(H,30,31,35)/t16-/m0/s1. The smallest absolute Gasteiger partial charge is 0.379 e. The fourth-order valence-electron chi connectivity index (χ4n) is 4.56. The van der Waals surface area contributed by atoms with Crippen molar-refractivity contribution in [1.29, 1.82) is 0 Å². The van der Waals surface area contributed by atoms with Crippen LogP contribution in [0.25, 0.3) is 16.3 Å². The second kappa shape index (κ2) is 13.9. The van der Waals surface area contributed by atoms with E-state index in [1.54, 1.807) is 36.0 Å². The molecule has 1 aromatic carbocycles. The van der Waals surface area contributed by atoms with Crippen LogP contribution in [0.15, 0.2) is 45.7 Å². The van der Waals surface area contributed by atoms with E-state index in [-0.39, 0.29) is 34.9 Å². The molecule has 0 radical (unpaired) electrons. The van der Waals surface area contributed by atoms with Gasteiger partial charge in [-0.25, -0.2) is 4.79 Å². The molecular weight excluding hydrogens is 598 g/mol. The van der Waals surface area contributed by atoms with Crippen molar-refractivity contribution >= 4 is 40.0 Å².